The Hall–Kier alpha value is -3.54. The fourth-order valence-corrected chi connectivity index (χ4v) is 2.83. The van der Waals surface area contributed by atoms with Gasteiger partial charge in [-0.2, -0.15) is 10.2 Å². The molecule has 2 aromatic heterocycles. The van der Waals surface area contributed by atoms with E-state index >= 15 is 0 Å². The minimum atomic E-state index is 0.759. The van der Waals surface area contributed by atoms with Gasteiger partial charge in [0, 0.05) is 21.9 Å². The van der Waals surface area contributed by atoms with Crippen LogP contribution in [-0.2, 0) is 0 Å². The van der Waals surface area contributed by atoms with Crippen LogP contribution in [0.1, 0.15) is 0 Å². The van der Waals surface area contributed by atoms with Gasteiger partial charge in [-0.05, 0) is 48.5 Å². The molecule has 128 valence electrons. The zero-order chi connectivity index (χ0) is 17.9. The van der Waals surface area contributed by atoms with Crippen molar-refractivity contribution in [2.24, 2.45) is 0 Å². The van der Waals surface area contributed by atoms with Crippen LogP contribution < -0.4 is 9.47 Å². The van der Waals surface area contributed by atoms with Gasteiger partial charge in [0.05, 0.1) is 26.6 Å². The lowest BCUT2D eigenvalue weighted by Crippen LogP contribution is -1.96. The van der Waals surface area contributed by atoms with Crippen molar-refractivity contribution in [1.82, 2.24) is 20.4 Å². The first-order chi connectivity index (χ1) is 12.8. The van der Waals surface area contributed by atoms with Gasteiger partial charge in [0.1, 0.15) is 22.9 Å². The minimum Gasteiger partial charge on any atom is -0.497 e. The van der Waals surface area contributed by atoms with Gasteiger partial charge < -0.3 is 9.47 Å². The number of aromatic nitrogens is 4. The molecule has 2 heterocycles. The van der Waals surface area contributed by atoms with E-state index in [0.29, 0.717) is 0 Å². The van der Waals surface area contributed by atoms with Crippen LogP contribution in [0.3, 0.4) is 0 Å². The highest BCUT2D eigenvalue weighted by Gasteiger charge is 2.13. The maximum Gasteiger partial charge on any atom is 0.118 e. The number of ether oxygens (including phenoxy) is 2. The molecule has 0 amide bonds. The Morgan fingerprint density at radius 2 is 0.962 bits per heavy atom. The Bertz CT molecular complexity index is 962. The summed E-state index contributed by atoms with van der Waals surface area (Å²) in [6.07, 6.45) is 3.44. The molecule has 0 bridgehead atoms. The molecule has 26 heavy (non-hydrogen) atoms. The van der Waals surface area contributed by atoms with Crippen LogP contribution in [0.5, 0.6) is 11.5 Å². The summed E-state index contributed by atoms with van der Waals surface area (Å²) >= 11 is 0. The second-order valence-corrected chi connectivity index (χ2v) is 5.67. The monoisotopic (exact) mass is 344 g/mol. The van der Waals surface area contributed by atoms with Crippen molar-refractivity contribution in [3.05, 3.63) is 60.9 Å². The van der Waals surface area contributed by atoms with Crippen molar-refractivity contribution in [3.63, 3.8) is 0 Å². The Labute approximate surface area is 150 Å². The molecule has 0 aliphatic carbocycles. The number of benzene rings is 2. The van der Waals surface area contributed by atoms with E-state index in [4.69, 9.17) is 9.47 Å². The maximum absolute atomic E-state index is 5.22. The predicted molar refractivity (Wildman–Crippen MR) is 99.1 cm³/mol. The molecule has 0 atom stereocenters. The Kier molecular flexibility index (Phi) is 4.15. The van der Waals surface area contributed by atoms with Crippen LogP contribution in [0.15, 0.2) is 60.9 Å². The number of hydrogen-bond donors (Lipinski definition) is 0. The van der Waals surface area contributed by atoms with E-state index in [-0.39, 0.29) is 0 Å². The second-order valence-electron chi connectivity index (χ2n) is 5.67. The first-order valence-electron chi connectivity index (χ1n) is 8.06. The van der Waals surface area contributed by atoms with Crippen molar-refractivity contribution < 1.29 is 9.47 Å². The van der Waals surface area contributed by atoms with E-state index in [1.54, 1.807) is 26.6 Å². The molecule has 0 aliphatic rings. The van der Waals surface area contributed by atoms with Gasteiger partial charge >= 0.3 is 0 Å². The van der Waals surface area contributed by atoms with Crippen LogP contribution in [0, 0.1) is 0 Å². The third kappa shape index (κ3) is 2.82. The second kappa shape index (κ2) is 6.76. The van der Waals surface area contributed by atoms with E-state index in [0.717, 1.165) is 44.8 Å². The SMILES string of the molecule is COc1ccc(-c2nnc(-c3ccc(OC)cc3)c3cnncc23)cc1. The summed E-state index contributed by atoms with van der Waals surface area (Å²) in [4.78, 5) is 0. The zero-order valence-electron chi connectivity index (χ0n) is 14.4. The first-order valence-corrected chi connectivity index (χ1v) is 8.06. The van der Waals surface area contributed by atoms with E-state index in [2.05, 4.69) is 20.4 Å². The number of fused-ring (bicyclic) bond motifs is 1. The third-order valence-electron chi connectivity index (χ3n) is 4.22. The number of hydrogen-bond acceptors (Lipinski definition) is 6. The van der Waals surface area contributed by atoms with Crippen LogP contribution in [0.4, 0.5) is 0 Å². The third-order valence-corrected chi connectivity index (χ3v) is 4.22. The number of methoxy groups -OCH3 is 2. The molecule has 4 rings (SSSR count). The molecule has 0 fully saturated rings. The summed E-state index contributed by atoms with van der Waals surface area (Å²) in [7, 11) is 3.28. The van der Waals surface area contributed by atoms with Gasteiger partial charge in [-0.25, -0.2) is 0 Å². The van der Waals surface area contributed by atoms with Gasteiger partial charge in [-0.1, -0.05) is 0 Å². The molecule has 0 N–H and O–H groups in total. The molecular weight excluding hydrogens is 328 g/mol. The van der Waals surface area contributed by atoms with Crippen molar-refractivity contribution in [1.29, 1.82) is 0 Å². The van der Waals surface area contributed by atoms with E-state index in [9.17, 15) is 0 Å². The summed E-state index contributed by atoms with van der Waals surface area (Å²) in [5.74, 6) is 1.58. The molecule has 0 radical (unpaired) electrons. The average Bonchev–Trinajstić information content (AvgIpc) is 2.73. The van der Waals surface area contributed by atoms with E-state index in [1.807, 2.05) is 48.5 Å². The summed E-state index contributed by atoms with van der Waals surface area (Å²) in [6, 6.07) is 15.4. The van der Waals surface area contributed by atoms with Crippen LogP contribution in [0.2, 0.25) is 0 Å². The van der Waals surface area contributed by atoms with Crippen LogP contribution in [0.25, 0.3) is 33.3 Å². The van der Waals surface area contributed by atoms with Crippen molar-refractivity contribution >= 4 is 10.8 Å². The fourth-order valence-electron chi connectivity index (χ4n) is 2.83. The average molecular weight is 344 g/mol. The largest absolute Gasteiger partial charge is 0.497 e. The van der Waals surface area contributed by atoms with E-state index in [1.165, 1.54) is 0 Å². The lowest BCUT2D eigenvalue weighted by Gasteiger charge is -2.09. The standard InChI is InChI=1S/C20H16N4O2/c1-25-15-7-3-13(4-8-15)19-17-11-21-22-12-18(17)20(24-23-19)14-5-9-16(26-2)10-6-14/h3-12H,1-2H3. The van der Waals surface area contributed by atoms with E-state index < -0.39 is 0 Å². The fraction of sp³-hybridized carbons (Fsp3) is 0.100. The van der Waals surface area contributed by atoms with Gasteiger partial charge in [0.25, 0.3) is 0 Å². The zero-order valence-corrected chi connectivity index (χ0v) is 14.4. The maximum atomic E-state index is 5.22. The molecule has 2 aromatic carbocycles. The molecular formula is C20H16N4O2. The number of nitrogens with zero attached hydrogens (tertiary/aromatic N) is 4. The highest BCUT2D eigenvalue weighted by molar-refractivity contribution is 6.00. The van der Waals surface area contributed by atoms with Crippen molar-refractivity contribution in [2.45, 2.75) is 0 Å². The molecule has 4 aromatic rings. The van der Waals surface area contributed by atoms with Gasteiger partial charge in [0.2, 0.25) is 0 Å². The topological polar surface area (TPSA) is 70.0 Å². The van der Waals surface area contributed by atoms with Gasteiger partial charge in [0.15, 0.2) is 0 Å². The molecule has 0 spiro atoms. The quantitative estimate of drug-likeness (QED) is 0.561. The summed E-state index contributed by atoms with van der Waals surface area (Å²) in [6.45, 7) is 0. The molecule has 6 heteroatoms. The number of rotatable bonds is 4. The predicted octanol–water partition coefficient (Wildman–Crippen LogP) is 3.77. The van der Waals surface area contributed by atoms with Crippen molar-refractivity contribution in [3.8, 4) is 34.0 Å². The molecule has 0 aliphatic heterocycles. The smallest absolute Gasteiger partial charge is 0.118 e. The Morgan fingerprint density at radius 1 is 0.577 bits per heavy atom. The molecule has 0 saturated carbocycles. The van der Waals surface area contributed by atoms with Gasteiger partial charge in [-0.3, -0.25) is 0 Å². The van der Waals surface area contributed by atoms with Crippen LogP contribution in [-0.4, -0.2) is 34.6 Å². The first kappa shape index (κ1) is 16.0. The lowest BCUT2D eigenvalue weighted by atomic mass is 10.0. The highest BCUT2D eigenvalue weighted by atomic mass is 16.5. The van der Waals surface area contributed by atoms with Crippen LogP contribution >= 0.6 is 0 Å². The minimum absolute atomic E-state index is 0.759. The summed E-state index contributed by atoms with van der Waals surface area (Å²) < 4.78 is 10.4. The highest BCUT2D eigenvalue weighted by Crippen LogP contribution is 2.32. The normalized spacial score (nSPS) is 10.7. The summed E-state index contributed by atoms with van der Waals surface area (Å²) in [5.41, 5.74) is 3.40. The van der Waals surface area contributed by atoms with Gasteiger partial charge in [-0.15, -0.1) is 10.2 Å². The molecule has 0 unspecified atom stereocenters. The lowest BCUT2D eigenvalue weighted by molar-refractivity contribution is 0.414. The molecule has 6 nitrogen and oxygen atoms in total. The molecule has 0 saturated heterocycles. The Morgan fingerprint density at radius 3 is 1.31 bits per heavy atom. The summed E-state index contributed by atoms with van der Waals surface area (Å²) in [5, 5.41) is 18.8. The van der Waals surface area contributed by atoms with Crippen molar-refractivity contribution in [2.75, 3.05) is 14.2 Å². The Balaban J connectivity index is 1.87.